The summed E-state index contributed by atoms with van der Waals surface area (Å²) in [4.78, 5) is 10.9. The first-order valence-electron chi connectivity index (χ1n) is 4.64. The lowest BCUT2D eigenvalue weighted by Crippen LogP contribution is -2.35. The van der Waals surface area contributed by atoms with Crippen LogP contribution in [0.3, 0.4) is 0 Å². The van der Waals surface area contributed by atoms with Gasteiger partial charge in [0.15, 0.2) is 15.5 Å². The number of H-pyrrole nitrogens is 1. The Hall–Kier alpha value is -1.41. The fraction of sp³-hybridized carbons (Fsp3) is 0.500. The van der Waals surface area contributed by atoms with Gasteiger partial charge in [0.1, 0.15) is 5.37 Å². The number of aromatic nitrogens is 2. The van der Waals surface area contributed by atoms with Crippen molar-refractivity contribution in [3.8, 4) is 0 Å². The van der Waals surface area contributed by atoms with E-state index in [1.165, 1.54) is 0 Å². The lowest BCUT2D eigenvalue weighted by atomic mass is 10.1. The molecule has 0 aliphatic carbocycles. The average molecular weight is 245 g/mol. The van der Waals surface area contributed by atoms with Gasteiger partial charge in [-0.3, -0.25) is 10.4 Å². The highest BCUT2D eigenvalue weighted by Crippen LogP contribution is 2.28. The summed E-state index contributed by atoms with van der Waals surface area (Å²) in [6.07, 6.45) is 1.61. The van der Waals surface area contributed by atoms with Crippen molar-refractivity contribution in [3.63, 3.8) is 0 Å². The number of carbonyl (C=O) groups is 1. The molecule has 0 aromatic carbocycles. The molecule has 3 N–H and O–H groups in total. The summed E-state index contributed by atoms with van der Waals surface area (Å²) in [6, 6.07) is 0. The van der Waals surface area contributed by atoms with Gasteiger partial charge >= 0.3 is 5.97 Å². The van der Waals surface area contributed by atoms with Crippen molar-refractivity contribution in [2.24, 2.45) is 0 Å². The van der Waals surface area contributed by atoms with Crippen LogP contribution in [-0.2, 0) is 16.3 Å². The normalized spacial score (nSPS) is 20.4. The van der Waals surface area contributed by atoms with Gasteiger partial charge in [0.25, 0.3) is 0 Å². The fourth-order valence-electron chi connectivity index (χ4n) is 1.82. The molecule has 1 aliphatic heterocycles. The lowest BCUT2D eigenvalue weighted by molar-refractivity contribution is 0.0689. The van der Waals surface area contributed by atoms with E-state index in [1.54, 1.807) is 0 Å². The molecule has 1 aromatic rings. The summed E-state index contributed by atoms with van der Waals surface area (Å²) < 4.78 is 23.0. The standard InChI is InChI=1S/C8H11N3O4S/c1-16(14,15)7-5-4(2-3-9-7)10-11-6(5)8(12)13/h7,9H,2-3H2,1H3,(H,10,11)(H,12,13). The zero-order chi connectivity index (χ0) is 11.9. The van der Waals surface area contributed by atoms with Gasteiger partial charge in [-0.15, -0.1) is 0 Å². The molecule has 2 rings (SSSR count). The van der Waals surface area contributed by atoms with Crippen LogP contribution in [0.25, 0.3) is 0 Å². The first kappa shape index (κ1) is 11.1. The molecular weight excluding hydrogens is 234 g/mol. The van der Waals surface area contributed by atoms with E-state index in [2.05, 4.69) is 15.5 Å². The Kier molecular flexibility index (Phi) is 2.47. The Morgan fingerprint density at radius 1 is 1.56 bits per heavy atom. The highest BCUT2D eigenvalue weighted by Gasteiger charge is 2.34. The van der Waals surface area contributed by atoms with Crippen LogP contribution in [0.15, 0.2) is 0 Å². The number of nitrogens with one attached hydrogen (secondary N) is 2. The van der Waals surface area contributed by atoms with E-state index >= 15 is 0 Å². The molecule has 0 bridgehead atoms. The van der Waals surface area contributed by atoms with Gasteiger partial charge in [-0.05, 0) is 0 Å². The van der Waals surface area contributed by atoms with Gasteiger partial charge in [-0.1, -0.05) is 0 Å². The molecule has 8 heteroatoms. The highest BCUT2D eigenvalue weighted by molar-refractivity contribution is 7.90. The molecule has 0 amide bonds. The number of hydrogen-bond acceptors (Lipinski definition) is 5. The van der Waals surface area contributed by atoms with Crippen molar-refractivity contribution in [1.82, 2.24) is 15.5 Å². The maximum atomic E-state index is 11.5. The second-order valence-electron chi connectivity index (χ2n) is 3.68. The zero-order valence-corrected chi connectivity index (χ0v) is 9.34. The van der Waals surface area contributed by atoms with E-state index in [9.17, 15) is 13.2 Å². The van der Waals surface area contributed by atoms with E-state index < -0.39 is 21.2 Å². The Bertz CT molecular complexity index is 533. The van der Waals surface area contributed by atoms with Gasteiger partial charge in [0, 0.05) is 30.5 Å². The molecule has 1 atom stereocenters. The minimum absolute atomic E-state index is 0.224. The molecule has 0 spiro atoms. The predicted octanol–water partition coefficient (Wildman–Crippen LogP) is -0.703. The van der Waals surface area contributed by atoms with E-state index in [0.717, 1.165) is 6.26 Å². The van der Waals surface area contributed by atoms with Gasteiger partial charge in [0.05, 0.1) is 0 Å². The number of rotatable bonds is 2. The summed E-state index contributed by atoms with van der Waals surface area (Å²) in [6.45, 7) is 0.478. The molecule has 1 aromatic heterocycles. The Morgan fingerprint density at radius 3 is 2.81 bits per heavy atom. The van der Waals surface area contributed by atoms with E-state index in [4.69, 9.17) is 5.11 Å². The molecular formula is C8H11N3O4S. The molecule has 0 saturated heterocycles. The van der Waals surface area contributed by atoms with E-state index in [1.807, 2.05) is 0 Å². The smallest absolute Gasteiger partial charge is 0.356 e. The summed E-state index contributed by atoms with van der Waals surface area (Å²) in [5.41, 5.74) is 0.588. The molecule has 7 nitrogen and oxygen atoms in total. The van der Waals surface area contributed by atoms with Crippen LogP contribution in [0.2, 0.25) is 0 Å². The van der Waals surface area contributed by atoms with Crippen molar-refractivity contribution < 1.29 is 18.3 Å². The number of aromatic amines is 1. The van der Waals surface area contributed by atoms with Crippen LogP contribution >= 0.6 is 0 Å². The average Bonchev–Trinajstić information content (AvgIpc) is 2.58. The minimum atomic E-state index is -3.40. The first-order valence-corrected chi connectivity index (χ1v) is 6.59. The van der Waals surface area contributed by atoms with Gasteiger partial charge in [0.2, 0.25) is 0 Å². The molecule has 1 aliphatic rings. The van der Waals surface area contributed by atoms with Crippen LogP contribution in [0.5, 0.6) is 0 Å². The molecule has 16 heavy (non-hydrogen) atoms. The summed E-state index contributed by atoms with van der Waals surface area (Å²) in [7, 11) is -3.40. The monoisotopic (exact) mass is 245 g/mol. The van der Waals surface area contributed by atoms with Crippen LogP contribution in [0.1, 0.15) is 27.1 Å². The third-order valence-corrected chi connectivity index (χ3v) is 3.74. The number of aromatic carboxylic acids is 1. The Balaban J connectivity index is 2.60. The first-order chi connectivity index (χ1) is 7.41. The Labute approximate surface area is 91.8 Å². The second kappa shape index (κ2) is 3.56. The summed E-state index contributed by atoms with van der Waals surface area (Å²) >= 11 is 0. The Morgan fingerprint density at radius 2 is 2.25 bits per heavy atom. The van der Waals surface area contributed by atoms with Gasteiger partial charge in [-0.25, -0.2) is 13.2 Å². The number of carboxylic acid groups (broad SMARTS) is 1. The largest absolute Gasteiger partial charge is 0.476 e. The summed E-state index contributed by atoms with van der Waals surface area (Å²) in [5.74, 6) is -1.23. The molecule has 2 heterocycles. The van der Waals surface area contributed by atoms with Crippen LogP contribution in [0, 0.1) is 0 Å². The zero-order valence-electron chi connectivity index (χ0n) is 8.52. The van der Waals surface area contributed by atoms with Crippen molar-refractivity contribution >= 4 is 15.8 Å². The number of hydrogen-bond donors (Lipinski definition) is 3. The van der Waals surface area contributed by atoms with Gasteiger partial charge in [-0.2, -0.15) is 5.10 Å². The van der Waals surface area contributed by atoms with Crippen LogP contribution in [-0.4, -0.2) is 42.5 Å². The second-order valence-corrected chi connectivity index (χ2v) is 5.81. The molecule has 0 fully saturated rings. The highest BCUT2D eigenvalue weighted by atomic mass is 32.2. The lowest BCUT2D eigenvalue weighted by Gasteiger charge is -2.22. The predicted molar refractivity (Wildman–Crippen MR) is 54.8 cm³/mol. The molecule has 0 saturated carbocycles. The van der Waals surface area contributed by atoms with Crippen molar-refractivity contribution in [3.05, 3.63) is 17.0 Å². The number of fused-ring (bicyclic) bond motifs is 1. The van der Waals surface area contributed by atoms with Crippen molar-refractivity contribution in [2.75, 3.05) is 12.8 Å². The van der Waals surface area contributed by atoms with Gasteiger partial charge < -0.3 is 5.11 Å². The quantitative estimate of drug-likeness (QED) is 0.635. The molecule has 0 radical (unpaired) electrons. The summed E-state index contributed by atoms with van der Waals surface area (Å²) in [5, 5.41) is 16.9. The van der Waals surface area contributed by atoms with E-state index in [0.29, 0.717) is 18.7 Å². The van der Waals surface area contributed by atoms with Crippen LogP contribution in [0.4, 0.5) is 0 Å². The van der Waals surface area contributed by atoms with E-state index in [-0.39, 0.29) is 11.3 Å². The number of nitrogens with zero attached hydrogens (tertiary/aromatic N) is 1. The minimum Gasteiger partial charge on any atom is -0.476 e. The number of carboxylic acids is 1. The maximum absolute atomic E-state index is 11.5. The molecule has 88 valence electrons. The third-order valence-electron chi connectivity index (χ3n) is 2.48. The topological polar surface area (TPSA) is 112 Å². The van der Waals surface area contributed by atoms with Crippen LogP contribution < -0.4 is 5.32 Å². The SMILES string of the molecule is CS(=O)(=O)C1NCCc2[nH]nc(C(=O)O)c21. The number of sulfone groups is 1. The van der Waals surface area contributed by atoms with Crippen molar-refractivity contribution in [2.45, 2.75) is 11.8 Å². The molecule has 1 unspecified atom stereocenters. The van der Waals surface area contributed by atoms with Crippen molar-refractivity contribution in [1.29, 1.82) is 0 Å². The third kappa shape index (κ3) is 1.69. The fourth-order valence-corrected chi connectivity index (χ4v) is 2.92. The maximum Gasteiger partial charge on any atom is 0.356 e.